The quantitative estimate of drug-likeness (QED) is 0.493. The molecule has 144 valence electrons. The molecule has 3 aromatic rings. The lowest BCUT2D eigenvalue weighted by Gasteiger charge is -2.25. The van der Waals surface area contributed by atoms with Crippen molar-refractivity contribution in [1.82, 2.24) is 10.3 Å². The van der Waals surface area contributed by atoms with Gasteiger partial charge >= 0.3 is 0 Å². The Hall–Kier alpha value is -3.27. The molecule has 1 heterocycles. The van der Waals surface area contributed by atoms with Crippen LogP contribution >= 0.6 is 0 Å². The summed E-state index contributed by atoms with van der Waals surface area (Å²) in [6.45, 7) is 14.1. The van der Waals surface area contributed by atoms with E-state index in [1.165, 1.54) is 0 Å². The van der Waals surface area contributed by atoms with Crippen LogP contribution < -0.4 is 5.32 Å². The number of benzene rings is 2. The van der Waals surface area contributed by atoms with Gasteiger partial charge in [-0.2, -0.15) is 0 Å². The topological polar surface area (TPSA) is 65.4 Å². The number of hydrogen-bond acceptors (Lipinski definition) is 4. The number of phenols is 1. The van der Waals surface area contributed by atoms with Crippen LogP contribution in [0.4, 0.5) is 0 Å². The highest BCUT2D eigenvalue weighted by Gasteiger charge is 2.21. The number of aryl methyl sites for hydroxylation is 1. The second-order valence-corrected chi connectivity index (χ2v) is 7.80. The first-order chi connectivity index (χ1) is 13.2. The first-order valence-corrected chi connectivity index (χ1v) is 9.19. The Morgan fingerprint density at radius 1 is 1.04 bits per heavy atom. The van der Waals surface area contributed by atoms with Gasteiger partial charge in [0.2, 0.25) is 0 Å². The zero-order valence-corrected chi connectivity index (χ0v) is 16.6. The van der Waals surface area contributed by atoms with Crippen molar-refractivity contribution in [3.8, 4) is 16.9 Å². The molecule has 0 atom stereocenters. The van der Waals surface area contributed by atoms with Gasteiger partial charge in [-0.1, -0.05) is 45.2 Å². The number of aliphatic hydroxyl groups is 1. The van der Waals surface area contributed by atoms with Crippen LogP contribution in [0.15, 0.2) is 67.6 Å². The normalized spacial score (nSPS) is 11.4. The minimum absolute atomic E-state index is 0.137. The molecule has 0 spiro atoms. The van der Waals surface area contributed by atoms with E-state index in [4.69, 9.17) is 0 Å². The second-order valence-electron chi connectivity index (χ2n) is 7.80. The molecule has 1 aromatic heterocycles. The molecule has 3 N–H and O–H groups in total. The Bertz CT molecular complexity index is 1070. The summed E-state index contributed by atoms with van der Waals surface area (Å²) in [6.07, 6.45) is 1.84. The van der Waals surface area contributed by atoms with Crippen molar-refractivity contribution in [3.05, 3.63) is 78.8 Å². The second kappa shape index (κ2) is 7.39. The maximum absolute atomic E-state index is 9.68. The van der Waals surface area contributed by atoms with E-state index in [-0.39, 0.29) is 11.5 Å². The Balaban J connectivity index is 1.83. The van der Waals surface area contributed by atoms with Crippen molar-refractivity contribution in [2.75, 3.05) is 6.54 Å². The third kappa shape index (κ3) is 4.01. The van der Waals surface area contributed by atoms with Crippen molar-refractivity contribution in [1.29, 1.82) is 0 Å². The standard InChI is InChI=1S/C24H26N2O2/c1-15-10-21(19-6-7-20-12-22(28)9-8-18(20)11-19)13-25-23(15)16(2)26-14-24(4,5)17(3)27/h6-13,26-28H,2-3,14H2,1,4-5H3. The molecular weight excluding hydrogens is 348 g/mol. The molecular formula is C24H26N2O2. The van der Waals surface area contributed by atoms with Crippen molar-refractivity contribution < 1.29 is 10.2 Å². The molecule has 0 saturated carbocycles. The number of aromatic nitrogens is 1. The van der Waals surface area contributed by atoms with E-state index in [2.05, 4.69) is 35.6 Å². The van der Waals surface area contributed by atoms with E-state index in [0.29, 0.717) is 12.2 Å². The molecule has 4 heteroatoms. The summed E-state index contributed by atoms with van der Waals surface area (Å²) in [6, 6.07) is 13.6. The molecule has 0 aliphatic carbocycles. The van der Waals surface area contributed by atoms with Gasteiger partial charge in [0.25, 0.3) is 0 Å². The van der Waals surface area contributed by atoms with E-state index >= 15 is 0 Å². The fourth-order valence-corrected chi connectivity index (χ4v) is 2.97. The van der Waals surface area contributed by atoms with Crippen molar-refractivity contribution in [2.45, 2.75) is 20.8 Å². The highest BCUT2D eigenvalue weighted by molar-refractivity contribution is 5.88. The summed E-state index contributed by atoms with van der Waals surface area (Å²) in [7, 11) is 0. The van der Waals surface area contributed by atoms with Gasteiger partial charge in [0.1, 0.15) is 5.75 Å². The predicted octanol–water partition coefficient (Wildman–Crippen LogP) is 5.57. The number of nitrogens with one attached hydrogen (secondary N) is 1. The van der Waals surface area contributed by atoms with Gasteiger partial charge in [0.15, 0.2) is 0 Å². The van der Waals surface area contributed by atoms with Crippen LogP contribution in [0.2, 0.25) is 0 Å². The van der Waals surface area contributed by atoms with Gasteiger partial charge in [-0.25, -0.2) is 0 Å². The molecule has 28 heavy (non-hydrogen) atoms. The minimum Gasteiger partial charge on any atom is -0.512 e. The van der Waals surface area contributed by atoms with Crippen LogP contribution in [-0.2, 0) is 0 Å². The average molecular weight is 374 g/mol. The van der Waals surface area contributed by atoms with Gasteiger partial charge in [-0.3, -0.25) is 4.98 Å². The van der Waals surface area contributed by atoms with Crippen LogP contribution in [0.25, 0.3) is 27.6 Å². The Labute approximate surface area is 165 Å². The molecule has 0 radical (unpaired) electrons. The number of hydrogen-bond donors (Lipinski definition) is 3. The van der Waals surface area contributed by atoms with Gasteiger partial charge in [0.05, 0.1) is 17.2 Å². The van der Waals surface area contributed by atoms with Crippen molar-refractivity contribution >= 4 is 16.5 Å². The van der Waals surface area contributed by atoms with Crippen molar-refractivity contribution in [2.24, 2.45) is 5.41 Å². The molecule has 0 saturated heterocycles. The lowest BCUT2D eigenvalue weighted by molar-refractivity contribution is 0.259. The third-order valence-electron chi connectivity index (χ3n) is 5.05. The van der Waals surface area contributed by atoms with E-state index in [0.717, 1.165) is 33.2 Å². The summed E-state index contributed by atoms with van der Waals surface area (Å²) in [5.41, 5.74) is 4.17. The zero-order chi connectivity index (χ0) is 20.5. The number of rotatable bonds is 6. The predicted molar refractivity (Wildman–Crippen MR) is 116 cm³/mol. The summed E-state index contributed by atoms with van der Waals surface area (Å²) >= 11 is 0. The molecule has 0 aliphatic rings. The lowest BCUT2D eigenvalue weighted by atomic mass is 9.91. The smallest absolute Gasteiger partial charge is 0.116 e. The SMILES string of the molecule is C=C(NCC(C)(C)C(=C)O)c1ncc(-c2ccc3cc(O)ccc3c2)cc1C. The molecule has 0 bridgehead atoms. The lowest BCUT2D eigenvalue weighted by Crippen LogP contribution is -2.30. The largest absolute Gasteiger partial charge is 0.512 e. The molecule has 2 aromatic carbocycles. The molecule has 0 aliphatic heterocycles. The summed E-state index contributed by atoms with van der Waals surface area (Å²) in [5.74, 6) is 0.401. The Morgan fingerprint density at radius 3 is 2.39 bits per heavy atom. The van der Waals surface area contributed by atoms with E-state index < -0.39 is 5.41 Å². The highest BCUT2D eigenvalue weighted by atomic mass is 16.3. The number of aromatic hydroxyl groups is 1. The summed E-state index contributed by atoms with van der Waals surface area (Å²) < 4.78 is 0. The number of fused-ring (bicyclic) bond motifs is 1. The van der Waals surface area contributed by atoms with E-state index in [1.807, 2.05) is 45.2 Å². The van der Waals surface area contributed by atoms with Gasteiger partial charge in [-0.15, -0.1) is 0 Å². The maximum atomic E-state index is 9.68. The molecule has 4 nitrogen and oxygen atoms in total. The molecule has 3 rings (SSSR count). The highest BCUT2D eigenvalue weighted by Crippen LogP contribution is 2.28. The monoisotopic (exact) mass is 374 g/mol. The van der Waals surface area contributed by atoms with Crippen LogP contribution in [0.3, 0.4) is 0 Å². The number of aliphatic hydroxyl groups excluding tert-OH is 1. The fraction of sp³-hybridized carbons (Fsp3) is 0.208. The molecule has 0 fully saturated rings. The zero-order valence-electron chi connectivity index (χ0n) is 16.6. The van der Waals surface area contributed by atoms with Gasteiger partial charge in [0, 0.05) is 23.7 Å². The number of nitrogens with zero attached hydrogens (tertiary/aromatic N) is 1. The third-order valence-corrected chi connectivity index (χ3v) is 5.05. The first-order valence-electron chi connectivity index (χ1n) is 9.19. The fourth-order valence-electron chi connectivity index (χ4n) is 2.97. The molecule has 0 unspecified atom stereocenters. The van der Waals surface area contributed by atoms with Gasteiger partial charge in [-0.05, 0) is 53.1 Å². The van der Waals surface area contributed by atoms with Crippen LogP contribution in [0, 0.1) is 12.3 Å². The Kier molecular flexibility index (Phi) is 5.14. The van der Waals surface area contributed by atoms with Crippen molar-refractivity contribution in [3.63, 3.8) is 0 Å². The molecule has 0 amide bonds. The maximum Gasteiger partial charge on any atom is 0.116 e. The first kappa shape index (κ1) is 19.5. The van der Waals surface area contributed by atoms with Crippen LogP contribution in [-0.4, -0.2) is 21.7 Å². The minimum atomic E-state index is -0.448. The summed E-state index contributed by atoms with van der Waals surface area (Å²) in [5, 5.41) is 24.6. The summed E-state index contributed by atoms with van der Waals surface area (Å²) in [4.78, 5) is 4.61. The van der Waals surface area contributed by atoms with E-state index in [9.17, 15) is 10.2 Å². The average Bonchev–Trinajstić information content (AvgIpc) is 2.65. The van der Waals surface area contributed by atoms with Gasteiger partial charge < -0.3 is 15.5 Å². The van der Waals surface area contributed by atoms with Crippen LogP contribution in [0.1, 0.15) is 25.1 Å². The Morgan fingerprint density at radius 2 is 1.71 bits per heavy atom. The van der Waals surface area contributed by atoms with Crippen LogP contribution in [0.5, 0.6) is 5.75 Å². The van der Waals surface area contributed by atoms with E-state index in [1.54, 1.807) is 12.1 Å². The number of phenolic OH excluding ortho intramolecular Hbond substituents is 1. The number of pyridine rings is 1.